The average Bonchev–Trinajstić information content (AvgIpc) is 3.68. The highest BCUT2D eigenvalue weighted by molar-refractivity contribution is 6.39. The van der Waals surface area contributed by atoms with Crippen LogP contribution in [0.5, 0.6) is 0 Å². The van der Waals surface area contributed by atoms with E-state index in [0.717, 1.165) is 30.2 Å². The number of hydrogen-bond acceptors (Lipinski definition) is 5. The molecule has 2 aromatic heterocycles. The molecule has 2 saturated carbocycles. The molecule has 3 aromatic rings. The van der Waals surface area contributed by atoms with Gasteiger partial charge in [0.1, 0.15) is 11.5 Å². The topological polar surface area (TPSA) is 85.5 Å². The standard InChI is InChI=1S/C28H23Cl2F3N2O4/c29-20-12-34-13-21(30)22(20)23-19(24(39-35-23)15-1-2-15)3-4-26-5-7-27(8-6-26,38-14-26)17-9-16(25(36)37)10-18(11-17)28(31,32)33/h3-4,9-13,15H,1-2,5-8,14H2,(H,36,37). The number of carboxylic acid groups (broad SMARTS) is 1. The van der Waals surface area contributed by atoms with E-state index >= 15 is 0 Å². The minimum Gasteiger partial charge on any atom is -0.478 e. The van der Waals surface area contributed by atoms with Crippen molar-refractivity contribution in [1.29, 1.82) is 0 Å². The summed E-state index contributed by atoms with van der Waals surface area (Å²) in [6.07, 6.45) is 6.64. The molecule has 2 aliphatic heterocycles. The van der Waals surface area contributed by atoms with Gasteiger partial charge in [0.15, 0.2) is 0 Å². The van der Waals surface area contributed by atoms with Crippen molar-refractivity contribution in [1.82, 2.24) is 10.1 Å². The van der Waals surface area contributed by atoms with Crippen LogP contribution >= 0.6 is 23.2 Å². The number of aromatic carboxylic acids is 1. The van der Waals surface area contributed by atoms with Gasteiger partial charge in [-0.15, -0.1) is 0 Å². The number of nitrogens with zero attached hydrogens (tertiary/aromatic N) is 2. The molecule has 0 radical (unpaired) electrons. The van der Waals surface area contributed by atoms with Crippen LogP contribution in [0.15, 0.2) is 41.2 Å². The summed E-state index contributed by atoms with van der Waals surface area (Å²) >= 11 is 12.8. The van der Waals surface area contributed by atoms with Crippen LogP contribution in [-0.4, -0.2) is 27.8 Å². The van der Waals surface area contributed by atoms with E-state index in [1.54, 1.807) is 0 Å². The zero-order chi connectivity index (χ0) is 27.6. The van der Waals surface area contributed by atoms with E-state index < -0.39 is 28.9 Å². The number of alkyl halides is 3. The molecular weight excluding hydrogens is 556 g/mol. The molecule has 2 bridgehead atoms. The van der Waals surface area contributed by atoms with Crippen LogP contribution in [0, 0.1) is 5.41 Å². The molecule has 204 valence electrons. The lowest BCUT2D eigenvalue weighted by Crippen LogP contribution is -2.48. The molecule has 1 N–H and O–H groups in total. The van der Waals surface area contributed by atoms with Crippen molar-refractivity contribution in [3.8, 4) is 11.3 Å². The van der Waals surface area contributed by atoms with E-state index in [2.05, 4.69) is 16.2 Å². The highest BCUT2D eigenvalue weighted by Crippen LogP contribution is 2.55. The van der Waals surface area contributed by atoms with Crippen LogP contribution in [-0.2, 0) is 16.5 Å². The predicted molar refractivity (Wildman–Crippen MR) is 138 cm³/mol. The first-order valence-electron chi connectivity index (χ1n) is 12.6. The molecule has 0 amide bonds. The van der Waals surface area contributed by atoms with E-state index in [9.17, 15) is 23.1 Å². The minimum atomic E-state index is -4.66. The first kappa shape index (κ1) is 26.3. The number of benzene rings is 1. The number of ether oxygens (including phenoxy) is 1. The number of hydrogen-bond donors (Lipinski definition) is 1. The number of aromatic nitrogens is 2. The molecule has 4 heterocycles. The van der Waals surface area contributed by atoms with Crippen molar-refractivity contribution in [2.75, 3.05) is 6.61 Å². The van der Waals surface area contributed by atoms with Crippen LogP contribution in [0.3, 0.4) is 0 Å². The number of rotatable bonds is 6. The maximum atomic E-state index is 13.5. The molecular formula is C28H23Cl2F3N2O4. The smallest absolute Gasteiger partial charge is 0.416 e. The second-order valence-corrected chi connectivity index (χ2v) is 11.5. The quantitative estimate of drug-likeness (QED) is 0.317. The van der Waals surface area contributed by atoms with E-state index in [1.807, 2.05) is 6.08 Å². The maximum Gasteiger partial charge on any atom is 0.416 e. The Hall–Kier alpha value is -2.88. The van der Waals surface area contributed by atoms with Gasteiger partial charge in [-0.05, 0) is 62.3 Å². The Morgan fingerprint density at radius 2 is 1.77 bits per heavy atom. The van der Waals surface area contributed by atoms with Gasteiger partial charge in [0.05, 0.1) is 33.4 Å². The predicted octanol–water partition coefficient (Wildman–Crippen LogP) is 8.14. The maximum absolute atomic E-state index is 13.5. The summed E-state index contributed by atoms with van der Waals surface area (Å²) < 4.78 is 52.6. The van der Waals surface area contributed by atoms with Crippen molar-refractivity contribution in [2.24, 2.45) is 5.41 Å². The lowest BCUT2D eigenvalue weighted by molar-refractivity contribution is -0.174. The van der Waals surface area contributed by atoms with E-state index in [4.69, 9.17) is 32.5 Å². The summed E-state index contributed by atoms with van der Waals surface area (Å²) in [5.41, 5.74) is -0.545. The van der Waals surface area contributed by atoms with Gasteiger partial charge in [0.25, 0.3) is 0 Å². The monoisotopic (exact) mass is 578 g/mol. The number of carbonyl (C=O) groups is 1. The van der Waals surface area contributed by atoms with Gasteiger partial charge in [0.2, 0.25) is 0 Å². The zero-order valence-electron chi connectivity index (χ0n) is 20.5. The molecule has 2 saturated heterocycles. The Kier molecular flexibility index (Phi) is 6.32. The van der Waals surface area contributed by atoms with Crippen LogP contribution < -0.4 is 0 Å². The number of fused-ring (bicyclic) bond motifs is 3. The lowest BCUT2D eigenvalue weighted by atomic mass is 9.64. The Labute approximate surface area is 231 Å². The van der Waals surface area contributed by atoms with Crippen molar-refractivity contribution >= 4 is 35.2 Å². The fraction of sp³-hybridized carbons (Fsp3) is 0.393. The normalized spacial score (nSPS) is 24.9. The minimum absolute atomic E-state index is 0.256. The van der Waals surface area contributed by atoms with E-state index in [1.165, 1.54) is 18.5 Å². The summed E-state index contributed by atoms with van der Waals surface area (Å²) in [6, 6.07) is 2.99. The molecule has 0 spiro atoms. The van der Waals surface area contributed by atoms with Gasteiger partial charge in [-0.3, -0.25) is 4.98 Å². The molecule has 39 heavy (non-hydrogen) atoms. The number of halogens is 5. The Morgan fingerprint density at radius 3 is 2.33 bits per heavy atom. The van der Waals surface area contributed by atoms with Crippen LogP contribution in [0.2, 0.25) is 10.0 Å². The third-order valence-electron chi connectivity index (χ3n) is 8.12. The lowest BCUT2D eigenvalue weighted by Gasteiger charge is -2.52. The van der Waals surface area contributed by atoms with Crippen molar-refractivity contribution in [3.63, 3.8) is 0 Å². The average molecular weight is 579 g/mol. The molecule has 2 aliphatic carbocycles. The van der Waals surface area contributed by atoms with Crippen LogP contribution in [0.4, 0.5) is 13.2 Å². The molecule has 4 aliphatic rings. The largest absolute Gasteiger partial charge is 0.478 e. The van der Waals surface area contributed by atoms with E-state index in [0.29, 0.717) is 53.1 Å². The second kappa shape index (κ2) is 9.35. The van der Waals surface area contributed by atoms with Crippen molar-refractivity contribution < 1.29 is 32.3 Å². The fourth-order valence-corrected chi connectivity index (χ4v) is 6.22. The van der Waals surface area contributed by atoms with Gasteiger partial charge in [-0.25, -0.2) is 4.79 Å². The summed E-state index contributed by atoms with van der Waals surface area (Å²) in [6.45, 7) is 0.290. The number of pyridine rings is 1. The molecule has 1 aromatic carbocycles. The molecule has 11 heteroatoms. The first-order valence-corrected chi connectivity index (χ1v) is 13.3. The zero-order valence-corrected chi connectivity index (χ0v) is 22.0. The van der Waals surface area contributed by atoms with Gasteiger partial charge in [0, 0.05) is 34.9 Å². The molecule has 0 atom stereocenters. The van der Waals surface area contributed by atoms with Crippen molar-refractivity contribution in [3.05, 3.63) is 74.7 Å². The van der Waals surface area contributed by atoms with E-state index in [-0.39, 0.29) is 23.5 Å². The molecule has 6 nitrogen and oxygen atoms in total. The molecule has 7 rings (SSSR count). The Bertz CT molecular complexity index is 1450. The highest BCUT2D eigenvalue weighted by atomic mass is 35.5. The third kappa shape index (κ3) is 4.74. The first-order chi connectivity index (χ1) is 18.5. The molecule has 0 unspecified atom stereocenters. The number of carboxylic acids is 1. The summed E-state index contributed by atoms with van der Waals surface area (Å²) in [5, 5.41) is 14.4. The van der Waals surface area contributed by atoms with Crippen LogP contribution in [0.25, 0.3) is 17.3 Å². The summed E-state index contributed by atoms with van der Waals surface area (Å²) in [7, 11) is 0. The second-order valence-electron chi connectivity index (χ2n) is 10.6. The Morgan fingerprint density at radius 1 is 1.08 bits per heavy atom. The third-order valence-corrected chi connectivity index (χ3v) is 8.69. The fourth-order valence-electron chi connectivity index (χ4n) is 5.68. The van der Waals surface area contributed by atoms with Gasteiger partial charge in [-0.2, -0.15) is 13.2 Å². The van der Waals surface area contributed by atoms with Gasteiger partial charge in [-0.1, -0.05) is 40.5 Å². The summed E-state index contributed by atoms with van der Waals surface area (Å²) in [4.78, 5) is 15.6. The summed E-state index contributed by atoms with van der Waals surface area (Å²) in [5.74, 6) is -0.365. The Balaban J connectivity index is 1.30. The highest BCUT2D eigenvalue weighted by Gasteiger charge is 2.50. The van der Waals surface area contributed by atoms with Crippen LogP contribution in [0.1, 0.15) is 77.3 Å². The molecule has 4 fully saturated rings. The SMILES string of the molecule is O=C(O)c1cc(C(F)(F)F)cc(C23CCC(C=Cc4c(-c5c(Cl)cncc5Cl)noc4C4CC4)(CC2)CO3)c1. The van der Waals surface area contributed by atoms with Crippen molar-refractivity contribution in [2.45, 2.75) is 56.2 Å². The van der Waals surface area contributed by atoms with Gasteiger partial charge >= 0.3 is 12.1 Å². The van der Waals surface area contributed by atoms with Gasteiger partial charge < -0.3 is 14.4 Å².